The number of benzene rings is 2. The van der Waals surface area contributed by atoms with Crippen molar-refractivity contribution >= 4 is 16.0 Å². The predicted molar refractivity (Wildman–Crippen MR) is 110 cm³/mol. The maximum Gasteiger partial charge on any atom is 0.307 e. The molecule has 6 heteroatoms. The molecule has 0 saturated carbocycles. The van der Waals surface area contributed by atoms with E-state index in [1.807, 2.05) is 42.5 Å². The Kier molecular flexibility index (Phi) is 7.38. The molecule has 0 spiro atoms. The monoisotopic (exact) mass is 403 g/mol. The van der Waals surface area contributed by atoms with E-state index >= 15 is 0 Å². The van der Waals surface area contributed by atoms with Gasteiger partial charge in [0.2, 0.25) is 10.0 Å². The molecule has 0 N–H and O–H groups in total. The third kappa shape index (κ3) is 5.91. The van der Waals surface area contributed by atoms with E-state index in [-0.39, 0.29) is 36.4 Å². The third-order valence-corrected chi connectivity index (χ3v) is 6.29. The van der Waals surface area contributed by atoms with Crippen molar-refractivity contribution in [2.45, 2.75) is 51.0 Å². The van der Waals surface area contributed by atoms with Gasteiger partial charge in [-0.15, -0.1) is 0 Å². The van der Waals surface area contributed by atoms with Crippen molar-refractivity contribution in [1.82, 2.24) is 4.31 Å². The van der Waals surface area contributed by atoms with Gasteiger partial charge in [0.1, 0.15) is 0 Å². The van der Waals surface area contributed by atoms with Crippen molar-refractivity contribution in [2.24, 2.45) is 0 Å². The van der Waals surface area contributed by atoms with E-state index in [0.29, 0.717) is 0 Å². The van der Waals surface area contributed by atoms with Gasteiger partial charge in [-0.3, -0.25) is 4.79 Å². The Hall–Kier alpha value is -2.18. The van der Waals surface area contributed by atoms with Crippen LogP contribution in [0.25, 0.3) is 0 Å². The highest BCUT2D eigenvalue weighted by Crippen LogP contribution is 2.25. The summed E-state index contributed by atoms with van der Waals surface area (Å²) in [5.74, 6) is -0.404. The number of carbonyl (C=O) groups is 1. The van der Waals surface area contributed by atoms with Crippen LogP contribution in [0, 0.1) is 0 Å². The van der Waals surface area contributed by atoms with Gasteiger partial charge >= 0.3 is 5.97 Å². The van der Waals surface area contributed by atoms with Crippen molar-refractivity contribution in [1.29, 1.82) is 0 Å². The Morgan fingerprint density at radius 3 is 2.14 bits per heavy atom. The molecule has 0 aromatic heterocycles. The van der Waals surface area contributed by atoms with E-state index in [1.54, 1.807) is 19.1 Å². The fourth-order valence-corrected chi connectivity index (χ4v) is 4.23. The number of sulfonamides is 1. The molecule has 0 atom stereocenters. The summed E-state index contributed by atoms with van der Waals surface area (Å²) in [6, 6.07) is 16.3. The smallest absolute Gasteiger partial charge is 0.307 e. The SMILES string of the molecule is CCOC(=O)CCN(Cc1ccccc1)S(=O)(=O)c1ccc(C(C)(C)C)cc1. The Labute approximate surface area is 168 Å². The molecule has 0 aliphatic carbocycles. The largest absolute Gasteiger partial charge is 0.466 e. The first-order chi connectivity index (χ1) is 13.1. The molecule has 28 heavy (non-hydrogen) atoms. The maximum atomic E-state index is 13.2. The molecule has 0 radical (unpaired) electrons. The number of hydrogen-bond donors (Lipinski definition) is 0. The summed E-state index contributed by atoms with van der Waals surface area (Å²) in [5.41, 5.74) is 1.87. The Bertz CT molecular complexity index is 869. The summed E-state index contributed by atoms with van der Waals surface area (Å²) in [6.07, 6.45) is 0.0139. The van der Waals surface area contributed by atoms with Crippen LogP contribution in [-0.4, -0.2) is 31.8 Å². The molecule has 5 nitrogen and oxygen atoms in total. The van der Waals surface area contributed by atoms with E-state index in [9.17, 15) is 13.2 Å². The van der Waals surface area contributed by atoms with Gasteiger partial charge < -0.3 is 4.74 Å². The van der Waals surface area contributed by atoms with Gasteiger partial charge in [-0.05, 0) is 35.6 Å². The zero-order valence-electron chi connectivity index (χ0n) is 17.0. The molecule has 2 aromatic carbocycles. The topological polar surface area (TPSA) is 63.7 Å². The zero-order valence-corrected chi connectivity index (χ0v) is 17.8. The van der Waals surface area contributed by atoms with Crippen molar-refractivity contribution in [3.05, 3.63) is 65.7 Å². The quantitative estimate of drug-likeness (QED) is 0.622. The van der Waals surface area contributed by atoms with Crippen LogP contribution in [0.2, 0.25) is 0 Å². The van der Waals surface area contributed by atoms with Gasteiger partial charge in [0.05, 0.1) is 17.9 Å². The molecule has 0 unspecified atom stereocenters. The first-order valence-corrected chi connectivity index (χ1v) is 10.9. The van der Waals surface area contributed by atoms with Gasteiger partial charge in [-0.1, -0.05) is 63.2 Å². The normalized spacial score (nSPS) is 12.2. The minimum Gasteiger partial charge on any atom is -0.466 e. The summed E-state index contributed by atoms with van der Waals surface area (Å²) in [5, 5.41) is 0. The second kappa shape index (κ2) is 9.34. The summed E-state index contributed by atoms with van der Waals surface area (Å²) in [4.78, 5) is 12.0. The van der Waals surface area contributed by atoms with Gasteiger partial charge in [-0.2, -0.15) is 4.31 Å². The molecule has 2 aromatic rings. The number of nitrogens with zero attached hydrogens (tertiary/aromatic N) is 1. The Morgan fingerprint density at radius 2 is 1.61 bits per heavy atom. The number of carbonyl (C=O) groups excluding carboxylic acids is 1. The summed E-state index contributed by atoms with van der Waals surface area (Å²) >= 11 is 0. The number of ether oxygens (including phenoxy) is 1. The van der Waals surface area contributed by atoms with Crippen LogP contribution in [0.15, 0.2) is 59.5 Å². The maximum absolute atomic E-state index is 13.2. The lowest BCUT2D eigenvalue weighted by Crippen LogP contribution is -2.33. The fraction of sp³-hybridized carbons (Fsp3) is 0.409. The van der Waals surface area contributed by atoms with Crippen LogP contribution < -0.4 is 0 Å². The molecular weight excluding hydrogens is 374 g/mol. The van der Waals surface area contributed by atoms with Gasteiger partial charge in [-0.25, -0.2) is 8.42 Å². The second-order valence-corrected chi connectivity index (χ2v) is 9.59. The lowest BCUT2D eigenvalue weighted by molar-refractivity contribution is -0.143. The van der Waals surface area contributed by atoms with Crippen LogP contribution in [0.4, 0.5) is 0 Å². The molecular formula is C22H29NO4S. The molecule has 152 valence electrons. The Morgan fingerprint density at radius 1 is 1.00 bits per heavy atom. The second-order valence-electron chi connectivity index (χ2n) is 7.65. The third-order valence-electron chi connectivity index (χ3n) is 4.43. The van der Waals surface area contributed by atoms with Crippen molar-refractivity contribution < 1.29 is 17.9 Å². The van der Waals surface area contributed by atoms with E-state index in [2.05, 4.69) is 20.8 Å². The van der Waals surface area contributed by atoms with Crippen LogP contribution in [0.3, 0.4) is 0 Å². The minimum atomic E-state index is -3.75. The molecule has 2 rings (SSSR count). The molecule has 0 heterocycles. The lowest BCUT2D eigenvalue weighted by atomic mass is 9.87. The summed E-state index contributed by atoms with van der Waals surface area (Å²) in [7, 11) is -3.75. The number of rotatable bonds is 8. The number of hydrogen-bond acceptors (Lipinski definition) is 4. The number of esters is 1. The van der Waals surface area contributed by atoms with Crippen LogP contribution in [-0.2, 0) is 31.5 Å². The van der Waals surface area contributed by atoms with Crippen LogP contribution in [0.5, 0.6) is 0 Å². The first kappa shape index (κ1) is 22.1. The fourth-order valence-electron chi connectivity index (χ4n) is 2.80. The van der Waals surface area contributed by atoms with E-state index in [1.165, 1.54) is 4.31 Å². The molecule has 0 bridgehead atoms. The zero-order chi connectivity index (χ0) is 20.8. The summed E-state index contributed by atoms with van der Waals surface area (Å²) < 4.78 is 32.8. The lowest BCUT2D eigenvalue weighted by Gasteiger charge is -2.23. The highest BCUT2D eigenvalue weighted by Gasteiger charge is 2.26. The molecule has 0 aliphatic heterocycles. The summed E-state index contributed by atoms with van der Waals surface area (Å²) in [6.45, 7) is 8.51. The predicted octanol–water partition coefficient (Wildman–Crippen LogP) is 4.13. The molecule has 0 saturated heterocycles. The van der Waals surface area contributed by atoms with Crippen LogP contribution in [0.1, 0.15) is 45.2 Å². The van der Waals surface area contributed by atoms with Crippen molar-refractivity contribution in [3.63, 3.8) is 0 Å². The van der Waals surface area contributed by atoms with Crippen molar-refractivity contribution in [2.75, 3.05) is 13.2 Å². The molecule has 0 amide bonds. The minimum absolute atomic E-state index is 0.0139. The molecule has 0 fully saturated rings. The van der Waals surface area contributed by atoms with Gasteiger partial charge in [0.15, 0.2) is 0 Å². The molecule has 0 aliphatic rings. The highest BCUT2D eigenvalue weighted by molar-refractivity contribution is 7.89. The van der Waals surface area contributed by atoms with Gasteiger partial charge in [0.25, 0.3) is 0 Å². The average molecular weight is 404 g/mol. The standard InChI is InChI=1S/C22H29NO4S/c1-5-27-21(24)15-16-23(17-18-9-7-6-8-10-18)28(25,26)20-13-11-19(12-14-20)22(2,3)4/h6-14H,5,15-17H2,1-4H3. The highest BCUT2D eigenvalue weighted by atomic mass is 32.2. The van der Waals surface area contributed by atoms with E-state index < -0.39 is 16.0 Å². The van der Waals surface area contributed by atoms with E-state index in [4.69, 9.17) is 4.74 Å². The van der Waals surface area contributed by atoms with Gasteiger partial charge in [0, 0.05) is 13.1 Å². The van der Waals surface area contributed by atoms with Crippen molar-refractivity contribution in [3.8, 4) is 0 Å². The first-order valence-electron chi connectivity index (χ1n) is 9.45. The van der Waals surface area contributed by atoms with Crippen LogP contribution >= 0.6 is 0 Å². The average Bonchev–Trinajstić information content (AvgIpc) is 2.65. The van der Waals surface area contributed by atoms with E-state index in [0.717, 1.165) is 11.1 Å². The Balaban J connectivity index is 2.29.